The molecule has 3 nitrogen and oxygen atoms in total. The second-order valence-electron chi connectivity index (χ2n) is 5.02. The summed E-state index contributed by atoms with van der Waals surface area (Å²) < 4.78 is 0. The molecule has 0 saturated carbocycles. The van der Waals surface area contributed by atoms with E-state index in [0.717, 1.165) is 28.8 Å². The number of benzene rings is 2. The van der Waals surface area contributed by atoms with E-state index in [9.17, 15) is 0 Å². The van der Waals surface area contributed by atoms with E-state index in [4.69, 9.17) is 28.9 Å². The minimum absolute atomic E-state index is 0.120. The van der Waals surface area contributed by atoms with Crippen LogP contribution in [-0.2, 0) is 6.42 Å². The Hall–Kier alpha value is -1.55. The first-order valence-electron chi connectivity index (χ1n) is 6.76. The van der Waals surface area contributed by atoms with Gasteiger partial charge in [-0.1, -0.05) is 41.4 Å². The van der Waals surface area contributed by atoms with Crippen LogP contribution >= 0.6 is 23.2 Å². The molecule has 0 fully saturated rings. The number of halogens is 2. The number of nitrogens with one attached hydrogen (secondary N) is 1. The summed E-state index contributed by atoms with van der Waals surface area (Å²) in [5.41, 5.74) is 9.01. The lowest BCUT2D eigenvalue weighted by Gasteiger charge is -2.12. The zero-order chi connectivity index (χ0) is 14.8. The summed E-state index contributed by atoms with van der Waals surface area (Å²) in [7, 11) is 0. The maximum atomic E-state index is 6.06. The zero-order valence-corrected chi connectivity index (χ0v) is 12.8. The van der Waals surface area contributed by atoms with Crippen molar-refractivity contribution in [2.75, 3.05) is 6.54 Å². The molecule has 0 amide bonds. The normalized spacial score (nSPS) is 12.7. The largest absolute Gasteiger partial charge is 0.342 e. The fourth-order valence-corrected chi connectivity index (χ4v) is 2.73. The third-order valence-corrected chi connectivity index (χ3v) is 4.28. The van der Waals surface area contributed by atoms with Crippen molar-refractivity contribution in [3.05, 3.63) is 63.9 Å². The van der Waals surface area contributed by atoms with Gasteiger partial charge in [0.05, 0.1) is 21.1 Å². The molecule has 0 aliphatic heterocycles. The number of nitrogens with two attached hydrogens (primary N) is 1. The third kappa shape index (κ3) is 3.05. The maximum Gasteiger partial charge on any atom is 0.111 e. The van der Waals surface area contributed by atoms with Crippen molar-refractivity contribution in [2.24, 2.45) is 5.73 Å². The van der Waals surface area contributed by atoms with E-state index in [1.165, 1.54) is 0 Å². The fourth-order valence-electron chi connectivity index (χ4n) is 2.41. The van der Waals surface area contributed by atoms with Crippen LogP contribution in [0.25, 0.3) is 11.0 Å². The summed E-state index contributed by atoms with van der Waals surface area (Å²) >= 11 is 12.0. The minimum atomic E-state index is 0.120. The van der Waals surface area contributed by atoms with Crippen LogP contribution in [0.3, 0.4) is 0 Å². The monoisotopic (exact) mass is 319 g/mol. The molecule has 0 aliphatic carbocycles. The number of para-hydroxylation sites is 2. The molecule has 1 aromatic heterocycles. The molecule has 3 N–H and O–H groups in total. The van der Waals surface area contributed by atoms with Crippen molar-refractivity contribution < 1.29 is 0 Å². The summed E-state index contributed by atoms with van der Waals surface area (Å²) in [6.07, 6.45) is 0.771. The van der Waals surface area contributed by atoms with E-state index in [1.807, 2.05) is 42.5 Å². The number of aromatic nitrogens is 2. The highest BCUT2D eigenvalue weighted by molar-refractivity contribution is 6.42. The molecular weight excluding hydrogens is 305 g/mol. The van der Waals surface area contributed by atoms with Gasteiger partial charge in [-0.05, 0) is 36.2 Å². The first-order valence-corrected chi connectivity index (χ1v) is 7.51. The third-order valence-electron chi connectivity index (χ3n) is 3.55. The number of hydrogen-bond donors (Lipinski definition) is 2. The van der Waals surface area contributed by atoms with Crippen LogP contribution in [0.15, 0.2) is 42.5 Å². The highest BCUT2D eigenvalue weighted by Gasteiger charge is 2.15. The standard InChI is InChI=1S/C16H15Cl2N3/c17-12-6-5-10(8-13(12)18)7-11(9-19)16-20-14-3-1-2-4-15(14)21-16/h1-6,8,11H,7,9,19H2,(H,20,21). The minimum Gasteiger partial charge on any atom is -0.342 e. The van der Waals surface area contributed by atoms with Gasteiger partial charge >= 0.3 is 0 Å². The van der Waals surface area contributed by atoms with E-state index in [-0.39, 0.29) is 5.92 Å². The maximum absolute atomic E-state index is 6.06. The summed E-state index contributed by atoms with van der Waals surface area (Å²) in [4.78, 5) is 7.97. The van der Waals surface area contributed by atoms with Gasteiger partial charge in [0.1, 0.15) is 5.82 Å². The van der Waals surface area contributed by atoms with Crippen LogP contribution in [0.5, 0.6) is 0 Å². The Kier molecular flexibility index (Phi) is 4.15. The number of hydrogen-bond acceptors (Lipinski definition) is 2. The lowest BCUT2D eigenvalue weighted by atomic mass is 9.99. The van der Waals surface area contributed by atoms with Crippen molar-refractivity contribution in [3.8, 4) is 0 Å². The van der Waals surface area contributed by atoms with Crippen molar-refractivity contribution in [3.63, 3.8) is 0 Å². The average molecular weight is 320 g/mol. The van der Waals surface area contributed by atoms with Crippen molar-refractivity contribution in [1.29, 1.82) is 0 Å². The molecule has 1 atom stereocenters. The van der Waals surface area contributed by atoms with E-state index >= 15 is 0 Å². The van der Waals surface area contributed by atoms with E-state index in [2.05, 4.69) is 9.97 Å². The predicted octanol–water partition coefficient (Wildman–Crippen LogP) is 4.15. The van der Waals surface area contributed by atoms with Crippen molar-refractivity contribution >= 4 is 34.2 Å². The smallest absolute Gasteiger partial charge is 0.111 e. The highest BCUT2D eigenvalue weighted by Crippen LogP contribution is 2.26. The number of fused-ring (bicyclic) bond motifs is 1. The van der Waals surface area contributed by atoms with Gasteiger partial charge in [0, 0.05) is 12.5 Å². The number of rotatable bonds is 4. The molecule has 2 aromatic carbocycles. The van der Waals surface area contributed by atoms with E-state index < -0.39 is 0 Å². The quantitative estimate of drug-likeness (QED) is 0.758. The number of imidazole rings is 1. The number of aromatic amines is 1. The van der Waals surface area contributed by atoms with Crippen LogP contribution in [0.4, 0.5) is 0 Å². The molecular formula is C16H15Cl2N3. The molecule has 3 rings (SSSR count). The average Bonchev–Trinajstić information content (AvgIpc) is 2.92. The molecule has 0 bridgehead atoms. The Morgan fingerprint density at radius 2 is 1.90 bits per heavy atom. The van der Waals surface area contributed by atoms with Gasteiger partial charge in [-0.2, -0.15) is 0 Å². The number of nitrogens with zero attached hydrogens (tertiary/aromatic N) is 1. The van der Waals surface area contributed by atoms with Crippen LogP contribution < -0.4 is 5.73 Å². The van der Waals surface area contributed by atoms with Gasteiger partial charge in [-0.25, -0.2) is 4.98 Å². The summed E-state index contributed by atoms with van der Waals surface area (Å²) in [6.45, 7) is 0.514. The second-order valence-corrected chi connectivity index (χ2v) is 5.84. The summed E-state index contributed by atoms with van der Waals surface area (Å²) in [5, 5.41) is 1.13. The zero-order valence-electron chi connectivity index (χ0n) is 11.3. The molecule has 0 saturated heterocycles. The fraction of sp³-hybridized carbons (Fsp3) is 0.188. The van der Waals surface area contributed by atoms with E-state index in [1.54, 1.807) is 0 Å². The molecule has 0 radical (unpaired) electrons. The Labute approximate surface area is 133 Å². The lowest BCUT2D eigenvalue weighted by Crippen LogP contribution is -2.16. The van der Waals surface area contributed by atoms with Gasteiger partial charge in [0.25, 0.3) is 0 Å². The molecule has 3 aromatic rings. The molecule has 21 heavy (non-hydrogen) atoms. The van der Waals surface area contributed by atoms with Crippen molar-refractivity contribution in [1.82, 2.24) is 9.97 Å². The predicted molar refractivity (Wildman–Crippen MR) is 88.1 cm³/mol. The van der Waals surface area contributed by atoms with Gasteiger partial charge in [-0.15, -0.1) is 0 Å². The van der Waals surface area contributed by atoms with Gasteiger partial charge < -0.3 is 10.7 Å². The van der Waals surface area contributed by atoms with Crippen molar-refractivity contribution in [2.45, 2.75) is 12.3 Å². The van der Waals surface area contributed by atoms with Gasteiger partial charge in [0.2, 0.25) is 0 Å². The molecule has 1 heterocycles. The molecule has 0 spiro atoms. The SMILES string of the molecule is NCC(Cc1ccc(Cl)c(Cl)c1)c1nc2ccccc2[nH]1. The molecule has 0 aliphatic rings. The Morgan fingerprint density at radius 3 is 2.62 bits per heavy atom. The first kappa shape index (κ1) is 14.4. The molecule has 5 heteroatoms. The van der Waals surface area contributed by atoms with E-state index in [0.29, 0.717) is 16.6 Å². The van der Waals surface area contributed by atoms with Crippen LogP contribution in [0.1, 0.15) is 17.3 Å². The van der Waals surface area contributed by atoms with Crippen LogP contribution in [-0.4, -0.2) is 16.5 Å². The Morgan fingerprint density at radius 1 is 1.10 bits per heavy atom. The summed E-state index contributed by atoms with van der Waals surface area (Å²) in [6, 6.07) is 13.6. The molecule has 1 unspecified atom stereocenters. The van der Waals surface area contributed by atoms with Crippen LogP contribution in [0.2, 0.25) is 10.0 Å². The number of H-pyrrole nitrogens is 1. The van der Waals surface area contributed by atoms with Gasteiger partial charge in [-0.3, -0.25) is 0 Å². The highest BCUT2D eigenvalue weighted by atomic mass is 35.5. The second kappa shape index (κ2) is 6.06. The topological polar surface area (TPSA) is 54.7 Å². The summed E-state index contributed by atoms with van der Waals surface area (Å²) in [5.74, 6) is 1.03. The lowest BCUT2D eigenvalue weighted by molar-refractivity contribution is 0.658. The Balaban J connectivity index is 1.88. The Bertz CT molecular complexity index is 734. The van der Waals surface area contributed by atoms with Gasteiger partial charge in [0.15, 0.2) is 0 Å². The molecule has 108 valence electrons. The first-order chi connectivity index (χ1) is 10.2. The van der Waals surface area contributed by atoms with Crippen LogP contribution in [0, 0.1) is 0 Å².